The Morgan fingerprint density at radius 3 is 2.42 bits per heavy atom. The van der Waals surface area contributed by atoms with Crippen molar-refractivity contribution in [1.82, 2.24) is 4.57 Å². The van der Waals surface area contributed by atoms with Crippen molar-refractivity contribution in [2.24, 2.45) is 5.73 Å². The number of hydrogen-bond acceptors (Lipinski definition) is 4. The monoisotopic (exact) mass is 453 g/mol. The molecule has 130 valence electrons. The molecule has 1 heterocycles. The van der Waals surface area contributed by atoms with E-state index in [4.69, 9.17) is 34.3 Å². The van der Waals surface area contributed by atoms with Crippen LogP contribution in [0.15, 0.2) is 35.4 Å². The van der Waals surface area contributed by atoms with Crippen LogP contribution in [0.4, 0.5) is 0 Å². The molecule has 10 heteroatoms. The van der Waals surface area contributed by atoms with E-state index in [1.807, 2.05) is 0 Å². The number of nitrogens with zero attached hydrogens (tertiary/aromatic N) is 1. The van der Waals surface area contributed by atoms with Gasteiger partial charge < -0.3 is 10.3 Å². The molecule has 0 aliphatic carbocycles. The van der Waals surface area contributed by atoms with Gasteiger partial charge in [0.1, 0.15) is 5.49 Å². The normalized spacial score (nSPS) is 11.0. The van der Waals surface area contributed by atoms with Gasteiger partial charge in [0.2, 0.25) is 0 Å². The van der Waals surface area contributed by atoms with E-state index in [2.05, 4.69) is 0 Å². The number of halogens is 3. The number of nitrogens with one attached hydrogen (secondary N) is 1. The van der Waals surface area contributed by atoms with Gasteiger partial charge in [0.15, 0.2) is 9.84 Å². The second-order valence-electron chi connectivity index (χ2n) is 4.94. The predicted molar refractivity (Wildman–Crippen MR) is 97.8 cm³/mol. The van der Waals surface area contributed by atoms with Crippen molar-refractivity contribution in [3.63, 3.8) is 0 Å². The van der Waals surface area contributed by atoms with Gasteiger partial charge in [0, 0.05) is 17.5 Å². The van der Waals surface area contributed by atoms with Crippen LogP contribution < -0.4 is 11.2 Å². The summed E-state index contributed by atoms with van der Waals surface area (Å²) in [6.07, 6.45) is 2.50. The number of benzene rings is 1. The highest BCUT2D eigenvalue weighted by atomic mass is 79.9. The lowest BCUT2D eigenvalue weighted by Crippen LogP contribution is -2.30. The number of primary amides is 1. The van der Waals surface area contributed by atoms with Crippen molar-refractivity contribution in [2.45, 2.75) is 11.4 Å². The van der Waals surface area contributed by atoms with Crippen LogP contribution in [0.5, 0.6) is 0 Å². The largest absolute Gasteiger partial charge is 0.365 e. The molecule has 2 aromatic rings. The summed E-state index contributed by atoms with van der Waals surface area (Å²) < 4.78 is 25.2. The lowest BCUT2D eigenvalue weighted by molar-refractivity contribution is 0.0997. The second kappa shape index (κ2) is 7.69. The lowest BCUT2D eigenvalue weighted by Gasteiger charge is -2.13. The number of pyridine rings is 1. The minimum Gasteiger partial charge on any atom is -0.365 e. The van der Waals surface area contributed by atoms with Gasteiger partial charge in [0.25, 0.3) is 5.91 Å². The minimum absolute atomic E-state index is 0. The van der Waals surface area contributed by atoms with Gasteiger partial charge in [-0.1, -0.05) is 29.3 Å². The van der Waals surface area contributed by atoms with Gasteiger partial charge in [0.05, 0.1) is 22.0 Å². The lowest BCUT2D eigenvalue weighted by atomic mass is 10.2. The topological polar surface area (TPSA) is 106 Å². The zero-order valence-electron chi connectivity index (χ0n) is 12.4. The van der Waals surface area contributed by atoms with Crippen LogP contribution in [-0.2, 0) is 16.4 Å². The molecule has 24 heavy (non-hydrogen) atoms. The average Bonchev–Trinajstić information content (AvgIpc) is 2.42. The number of sulfone groups is 1. The standard InChI is InChI=1S/C14H13Cl2N3O3S.BrH/c1-23(21,22)12-5-9(15)3-2-8(12)6-19-7-10(16)4-11(13(19)17)14(18)20;/h2-5,7,17H,6H2,1H3,(H2,18,20);1H. The first-order valence-electron chi connectivity index (χ1n) is 6.32. The maximum atomic E-state index is 11.9. The fraction of sp³-hybridized carbons (Fsp3) is 0.143. The average molecular weight is 455 g/mol. The highest BCUT2D eigenvalue weighted by Crippen LogP contribution is 2.22. The Hall–Kier alpha value is -1.35. The molecule has 0 unspecified atom stereocenters. The maximum Gasteiger partial charge on any atom is 0.252 e. The van der Waals surface area contributed by atoms with Crippen LogP contribution in [0.1, 0.15) is 15.9 Å². The first-order chi connectivity index (χ1) is 10.6. The summed E-state index contributed by atoms with van der Waals surface area (Å²) in [5.41, 5.74) is 5.44. The van der Waals surface area contributed by atoms with Crippen molar-refractivity contribution in [3.05, 3.63) is 57.1 Å². The summed E-state index contributed by atoms with van der Waals surface area (Å²) in [6, 6.07) is 5.74. The molecule has 3 N–H and O–H groups in total. The number of carbonyl (C=O) groups excluding carboxylic acids is 1. The summed E-state index contributed by atoms with van der Waals surface area (Å²) in [5.74, 6) is -0.786. The van der Waals surface area contributed by atoms with Gasteiger partial charge in [-0.25, -0.2) is 8.42 Å². The molecule has 1 amide bonds. The Morgan fingerprint density at radius 2 is 1.88 bits per heavy atom. The molecule has 0 aliphatic heterocycles. The number of nitrogens with two attached hydrogens (primary N) is 1. The SMILES string of the molecule is Br.CS(=O)(=O)c1cc(Cl)ccc1Cn1cc(Cl)cc(C(N)=O)c1=N. The molecule has 0 bridgehead atoms. The Balaban J connectivity index is 0.00000288. The van der Waals surface area contributed by atoms with Gasteiger partial charge in [-0.2, -0.15) is 0 Å². The van der Waals surface area contributed by atoms with Crippen molar-refractivity contribution >= 4 is 55.9 Å². The fourth-order valence-corrected chi connectivity index (χ4v) is 3.53. The van der Waals surface area contributed by atoms with E-state index in [0.29, 0.717) is 5.56 Å². The molecule has 0 aliphatic rings. The van der Waals surface area contributed by atoms with Crippen LogP contribution in [0.3, 0.4) is 0 Å². The van der Waals surface area contributed by atoms with E-state index >= 15 is 0 Å². The molecule has 0 radical (unpaired) electrons. The molecule has 0 fully saturated rings. The summed E-state index contributed by atoms with van der Waals surface area (Å²) in [4.78, 5) is 11.4. The molecule has 6 nitrogen and oxygen atoms in total. The van der Waals surface area contributed by atoms with E-state index < -0.39 is 15.7 Å². The van der Waals surface area contributed by atoms with Crippen LogP contribution in [0.2, 0.25) is 10.0 Å². The molecule has 0 saturated heterocycles. The van der Waals surface area contributed by atoms with Crippen LogP contribution in [0, 0.1) is 5.41 Å². The Morgan fingerprint density at radius 1 is 1.25 bits per heavy atom. The van der Waals surface area contributed by atoms with Crippen LogP contribution in [0.25, 0.3) is 0 Å². The van der Waals surface area contributed by atoms with Gasteiger partial charge in [-0.05, 0) is 23.8 Å². The highest BCUT2D eigenvalue weighted by molar-refractivity contribution is 8.93. The highest BCUT2D eigenvalue weighted by Gasteiger charge is 2.16. The Labute approximate surface area is 159 Å². The number of carbonyl (C=O) groups is 1. The maximum absolute atomic E-state index is 11.9. The summed E-state index contributed by atoms with van der Waals surface area (Å²) in [6.45, 7) is 0.0270. The fourth-order valence-electron chi connectivity index (χ4n) is 2.11. The first kappa shape index (κ1) is 20.7. The van der Waals surface area contributed by atoms with Gasteiger partial charge in [-0.3, -0.25) is 10.2 Å². The molecule has 2 rings (SSSR count). The van der Waals surface area contributed by atoms with Crippen molar-refractivity contribution < 1.29 is 13.2 Å². The van der Waals surface area contributed by atoms with E-state index in [-0.39, 0.29) is 49.5 Å². The molecule has 0 atom stereocenters. The number of aromatic nitrogens is 1. The summed E-state index contributed by atoms with van der Waals surface area (Å²) in [5, 5.41) is 8.52. The number of rotatable bonds is 4. The molecule has 0 saturated carbocycles. The van der Waals surface area contributed by atoms with E-state index in [9.17, 15) is 13.2 Å². The number of hydrogen-bond donors (Lipinski definition) is 2. The van der Waals surface area contributed by atoms with Gasteiger partial charge >= 0.3 is 0 Å². The third-order valence-electron chi connectivity index (χ3n) is 3.14. The van der Waals surface area contributed by atoms with Gasteiger partial charge in [-0.15, -0.1) is 17.0 Å². The minimum atomic E-state index is -3.51. The molecule has 1 aromatic carbocycles. The van der Waals surface area contributed by atoms with Crippen molar-refractivity contribution in [2.75, 3.05) is 6.26 Å². The zero-order chi connectivity index (χ0) is 17.4. The Kier molecular flexibility index (Phi) is 6.63. The molecule has 1 aromatic heterocycles. The molecule has 0 spiro atoms. The van der Waals surface area contributed by atoms with Crippen molar-refractivity contribution in [3.8, 4) is 0 Å². The van der Waals surface area contributed by atoms with E-state index in [0.717, 1.165) is 6.26 Å². The summed E-state index contributed by atoms with van der Waals surface area (Å²) >= 11 is 11.8. The third-order valence-corrected chi connectivity index (χ3v) is 4.76. The first-order valence-corrected chi connectivity index (χ1v) is 8.97. The van der Waals surface area contributed by atoms with Crippen LogP contribution in [-0.4, -0.2) is 25.1 Å². The number of amides is 1. The Bertz CT molecular complexity index is 958. The van der Waals surface area contributed by atoms with Crippen LogP contribution >= 0.6 is 40.2 Å². The smallest absolute Gasteiger partial charge is 0.252 e. The predicted octanol–water partition coefficient (Wildman–Crippen LogP) is 2.40. The molecular weight excluding hydrogens is 441 g/mol. The quantitative estimate of drug-likeness (QED) is 0.740. The molecular formula is C14H14BrCl2N3O3S. The van der Waals surface area contributed by atoms with E-state index in [1.165, 1.54) is 22.9 Å². The third kappa shape index (κ3) is 4.60. The van der Waals surface area contributed by atoms with E-state index in [1.54, 1.807) is 12.1 Å². The summed E-state index contributed by atoms with van der Waals surface area (Å²) in [7, 11) is -3.51. The second-order valence-corrected chi connectivity index (χ2v) is 7.79. The van der Waals surface area contributed by atoms with Crippen molar-refractivity contribution in [1.29, 1.82) is 5.41 Å². The zero-order valence-corrected chi connectivity index (χ0v) is 16.5.